The summed E-state index contributed by atoms with van der Waals surface area (Å²) in [5, 5.41) is 4.28. The van der Waals surface area contributed by atoms with Gasteiger partial charge >= 0.3 is 18.9 Å². The van der Waals surface area contributed by atoms with Gasteiger partial charge in [-0.05, 0) is 24.3 Å². The Labute approximate surface area is 155 Å². The van der Waals surface area contributed by atoms with E-state index < -0.39 is 0 Å². The van der Waals surface area contributed by atoms with Crippen molar-refractivity contribution in [2.24, 2.45) is 0 Å². The van der Waals surface area contributed by atoms with Gasteiger partial charge in [-0.15, -0.1) is 12.1 Å². The van der Waals surface area contributed by atoms with E-state index in [0.717, 1.165) is 0 Å². The molecule has 0 spiro atoms. The van der Waals surface area contributed by atoms with Crippen molar-refractivity contribution in [1.82, 2.24) is 0 Å². The first-order chi connectivity index (χ1) is 10.1. The first kappa shape index (κ1) is 21.7. The molecule has 0 aliphatic carbocycles. The second-order valence-corrected chi connectivity index (χ2v) is 7.41. The number of rotatable bonds is 5. The van der Waals surface area contributed by atoms with Crippen molar-refractivity contribution in [2.45, 2.75) is 49.6 Å². The molecule has 0 saturated carbocycles. The molecule has 114 valence electrons. The predicted octanol–water partition coefficient (Wildman–Crippen LogP) is 3.67. The molecule has 22 heavy (non-hydrogen) atoms. The van der Waals surface area contributed by atoms with Crippen LogP contribution in [0.3, 0.4) is 0 Å². The zero-order valence-electron chi connectivity index (χ0n) is 14.2. The summed E-state index contributed by atoms with van der Waals surface area (Å²) in [4.78, 5) is 2.59. The summed E-state index contributed by atoms with van der Waals surface area (Å²) in [6.07, 6.45) is 0. The molecule has 0 radical (unpaired) electrons. The largest absolute Gasteiger partial charge is 1.00 e. The summed E-state index contributed by atoms with van der Waals surface area (Å²) in [5.41, 5.74) is 0. The van der Waals surface area contributed by atoms with Crippen LogP contribution < -0.4 is 18.9 Å². The Morgan fingerprint density at radius 2 is 0.955 bits per heavy atom. The van der Waals surface area contributed by atoms with Crippen LogP contribution in [0.5, 0.6) is 0 Å². The summed E-state index contributed by atoms with van der Waals surface area (Å²) in [6.45, 7) is 8.39. The molecule has 0 bridgehead atoms. The fourth-order valence-electron chi connectivity index (χ4n) is 1.64. The van der Waals surface area contributed by atoms with Gasteiger partial charge in [0, 0.05) is 9.79 Å². The SMILES string of the molecule is CC(C)[N-]C(C)C.[Li+].c1ccc(SSc2ccccc2)cc1. The molecule has 0 saturated heterocycles. The number of nitrogens with zero attached hydrogens (tertiary/aromatic N) is 1. The normalized spacial score (nSPS) is 9.91. The predicted molar refractivity (Wildman–Crippen MR) is 98.2 cm³/mol. The van der Waals surface area contributed by atoms with Gasteiger partial charge in [-0.1, -0.05) is 85.7 Å². The minimum absolute atomic E-state index is 0. The van der Waals surface area contributed by atoms with Gasteiger partial charge in [0.05, 0.1) is 0 Å². The quantitative estimate of drug-likeness (QED) is 0.615. The summed E-state index contributed by atoms with van der Waals surface area (Å²) in [7, 11) is 3.58. The van der Waals surface area contributed by atoms with Crippen molar-refractivity contribution >= 4 is 21.6 Å². The van der Waals surface area contributed by atoms with Crippen molar-refractivity contribution in [1.29, 1.82) is 0 Å². The molecule has 0 heterocycles. The van der Waals surface area contributed by atoms with Gasteiger partial charge in [-0.25, -0.2) is 0 Å². The molecule has 0 unspecified atom stereocenters. The molecule has 4 heteroatoms. The summed E-state index contributed by atoms with van der Waals surface area (Å²) < 4.78 is 0. The Kier molecular flexibility index (Phi) is 13.0. The number of benzene rings is 2. The van der Waals surface area contributed by atoms with E-state index in [2.05, 4.69) is 81.5 Å². The first-order valence-corrected chi connectivity index (χ1v) is 9.37. The molecular formula is C18H24LiNS2. The van der Waals surface area contributed by atoms with Gasteiger partial charge < -0.3 is 5.32 Å². The third-order valence-electron chi connectivity index (χ3n) is 2.32. The number of hydrogen-bond acceptors (Lipinski definition) is 2. The summed E-state index contributed by atoms with van der Waals surface area (Å²) >= 11 is 0. The molecule has 0 aromatic heterocycles. The summed E-state index contributed by atoms with van der Waals surface area (Å²) in [5.74, 6) is 0. The molecule has 2 aromatic rings. The van der Waals surface area contributed by atoms with Crippen LogP contribution in [0.25, 0.3) is 5.32 Å². The van der Waals surface area contributed by atoms with E-state index in [0.29, 0.717) is 12.1 Å². The van der Waals surface area contributed by atoms with E-state index in [-0.39, 0.29) is 18.9 Å². The van der Waals surface area contributed by atoms with Crippen molar-refractivity contribution < 1.29 is 18.9 Å². The molecule has 0 N–H and O–H groups in total. The molecule has 0 aliphatic rings. The van der Waals surface area contributed by atoms with Crippen LogP contribution in [-0.2, 0) is 0 Å². The third-order valence-corrected chi connectivity index (χ3v) is 4.73. The molecule has 1 nitrogen and oxygen atoms in total. The zero-order chi connectivity index (χ0) is 15.5. The molecule has 0 fully saturated rings. The average Bonchev–Trinajstić information content (AvgIpc) is 2.46. The number of hydrogen-bond donors (Lipinski definition) is 0. The zero-order valence-corrected chi connectivity index (χ0v) is 15.8. The van der Waals surface area contributed by atoms with E-state index in [1.807, 2.05) is 12.1 Å². The van der Waals surface area contributed by atoms with Crippen LogP contribution in [0.1, 0.15) is 27.7 Å². The van der Waals surface area contributed by atoms with Crippen molar-refractivity contribution in [3.63, 3.8) is 0 Å². The smallest absolute Gasteiger partial charge is 0.658 e. The molecular weight excluding hydrogens is 301 g/mol. The van der Waals surface area contributed by atoms with Crippen molar-refractivity contribution in [3.05, 3.63) is 66.0 Å². The maximum Gasteiger partial charge on any atom is 1.00 e. The maximum atomic E-state index is 4.28. The Hall–Kier alpha value is -0.303. The van der Waals surface area contributed by atoms with Crippen molar-refractivity contribution in [3.8, 4) is 0 Å². The van der Waals surface area contributed by atoms with E-state index in [9.17, 15) is 0 Å². The Morgan fingerprint density at radius 3 is 1.18 bits per heavy atom. The van der Waals surface area contributed by atoms with Gasteiger partial charge in [0.25, 0.3) is 0 Å². The Balaban J connectivity index is 0.000000478. The minimum atomic E-state index is 0. The third kappa shape index (κ3) is 11.3. The van der Waals surface area contributed by atoms with Crippen LogP contribution in [0.4, 0.5) is 0 Å². The fourth-order valence-corrected chi connectivity index (χ4v) is 3.62. The van der Waals surface area contributed by atoms with E-state index >= 15 is 0 Å². The topological polar surface area (TPSA) is 14.1 Å². The van der Waals surface area contributed by atoms with Crippen LogP contribution in [0.15, 0.2) is 70.5 Å². The monoisotopic (exact) mass is 325 g/mol. The van der Waals surface area contributed by atoms with Gasteiger partial charge in [-0.3, -0.25) is 0 Å². The Bertz CT molecular complexity index is 429. The van der Waals surface area contributed by atoms with Gasteiger partial charge in [-0.2, -0.15) is 0 Å². The van der Waals surface area contributed by atoms with Crippen LogP contribution in [0, 0.1) is 0 Å². The maximum absolute atomic E-state index is 4.28. The molecule has 2 aromatic carbocycles. The molecule has 0 aliphatic heterocycles. The second kappa shape index (κ2) is 13.2. The van der Waals surface area contributed by atoms with E-state index in [4.69, 9.17) is 0 Å². The second-order valence-electron chi connectivity index (χ2n) is 5.13. The van der Waals surface area contributed by atoms with Crippen LogP contribution in [-0.4, -0.2) is 12.1 Å². The van der Waals surface area contributed by atoms with E-state index in [1.165, 1.54) is 9.79 Å². The standard InChI is InChI=1S/C12H10S2.C6H14N.Li/c1-3-7-11(8-4-1)13-14-12-9-5-2-6-10-12;1-5(2)7-6(3)4;/h1-10H;5-6H,1-4H3;/q;-1;+1. The van der Waals surface area contributed by atoms with Gasteiger partial charge in [0.2, 0.25) is 0 Å². The molecule has 0 atom stereocenters. The van der Waals surface area contributed by atoms with Gasteiger partial charge in [0.1, 0.15) is 0 Å². The molecule has 0 amide bonds. The van der Waals surface area contributed by atoms with Crippen LogP contribution >= 0.6 is 21.6 Å². The van der Waals surface area contributed by atoms with Gasteiger partial charge in [0.15, 0.2) is 0 Å². The van der Waals surface area contributed by atoms with Crippen LogP contribution in [0.2, 0.25) is 0 Å². The summed E-state index contributed by atoms with van der Waals surface area (Å²) in [6, 6.07) is 21.8. The molecule has 2 rings (SSSR count). The fraction of sp³-hybridized carbons (Fsp3) is 0.333. The Morgan fingerprint density at radius 1 is 0.636 bits per heavy atom. The minimum Gasteiger partial charge on any atom is -0.658 e. The average molecular weight is 325 g/mol. The van der Waals surface area contributed by atoms with Crippen molar-refractivity contribution in [2.75, 3.05) is 0 Å². The first-order valence-electron chi connectivity index (χ1n) is 7.22. The van der Waals surface area contributed by atoms with E-state index in [1.54, 1.807) is 21.6 Å².